The molecule has 1 fully saturated rings. The van der Waals surface area contributed by atoms with E-state index in [1.165, 1.54) is 0 Å². The van der Waals surface area contributed by atoms with E-state index < -0.39 is 5.54 Å². The molecular formula is C15H28N2O4. The summed E-state index contributed by atoms with van der Waals surface area (Å²) in [6, 6.07) is 0. The Morgan fingerprint density at radius 1 is 1.19 bits per heavy atom. The molecule has 1 saturated heterocycles. The number of carbonyl (C=O) groups is 2. The Morgan fingerprint density at radius 3 is 2.52 bits per heavy atom. The van der Waals surface area contributed by atoms with Gasteiger partial charge in [0.1, 0.15) is 5.54 Å². The fourth-order valence-electron chi connectivity index (χ4n) is 2.55. The molecule has 1 aliphatic heterocycles. The number of hydrogen-bond acceptors (Lipinski definition) is 4. The van der Waals surface area contributed by atoms with Crippen molar-refractivity contribution < 1.29 is 19.1 Å². The Balaban J connectivity index is 2.52. The lowest BCUT2D eigenvalue weighted by atomic mass is 9.91. The summed E-state index contributed by atoms with van der Waals surface area (Å²) in [4.78, 5) is 26.2. The fourth-order valence-corrected chi connectivity index (χ4v) is 2.55. The first-order valence-corrected chi connectivity index (χ1v) is 7.76. The van der Waals surface area contributed by atoms with Crippen LogP contribution >= 0.6 is 0 Å². The molecule has 1 N–H and O–H groups in total. The van der Waals surface area contributed by atoms with Gasteiger partial charge in [-0.25, -0.2) is 0 Å². The van der Waals surface area contributed by atoms with Gasteiger partial charge in [-0.3, -0.25) is 9.59 Å². The summed E-state index contributed by atoms with van der Waals surface area (Å²) >= 11 is 0. The van der Waals surface area contributed by atoms with Crippen molar-refractivity contribution in [2.45, 2.75) is 45.1 Å². The lowest BCUT2D eigenvalue weighted by Crippen LogP contribution is -2.56. The normalized spacial score (nSPS) is 18.5. The van der Waals surface area contributed by atoms with E-state index in [1.54, 1.807) is 12.0 Å². The lowest BCUT2D eigenvalue weighted by Gasteiger charge is -2.33. The molecule has 0 spiro atoms. The highest BCUT2D eigenvalue weighted by Crippen LogP contribution is 2.21. The van der Waals surface area contributed by atoms with E-state index in [9.17, 15) is 9.59 Å². The molecule has 0 aliphatic carbocycles. The summed E-state index contributed by atoms with van der Waals surface area (Å²) in [6.45, 7) is 6.66. The van der Waals surface area contributed by atoms with Gasteiger partial charge in [-0.15, -0.1) is 0 Å². The van der Waals surface area contributed by atoms with Gasteiger partial charge in [0.05, 0.1) is 6.61 Å². The Morgan fingerprint density at radius 2 is 1.90 bits per heavy atom. The first-order chi connectivity index (χ1) is 10.1. The molecule has 0 unspecified atom stereocenters. The minimum Gasteiger partial charge on any atom is -0.385 e. The van der Waals surface area contributed by atoms with Crippen LogP contribution in [0.1, 0.15) is 39.5 Å². The second kappa shape index (κ2) is 9.00. The highest BCUT2D eigenvalue weighted by Gasteiger charge is 2.41. The van der Waals surface area contributed by atoms with Crippen molar-refractivity contribution in [3.05, 3.63) is 0 Å². The minimum atomic E-state index is -0.746. The molecule has 0 atom stereocenters. The molecule has 0 aromatic carbocycles. The smallest absolute Gasteiger partial charge is 0.248 e. The van der Waals surface area contributed by atoms with Crippen molar-refractivity contribution in [2.75, 3.05) is 40.0 Å². The highest BCUT2D eigenvalue weighted by atomic mass is 16.5. The number of rotatable bonds is 9. The average Bonchev–Trinajstić information content (AvgIpc) is 2.61. The molecule has 0 radical (unpaired) electrons. The van der Waals surface area contributed by atoms with E-state index >= 15 is 0 Å². The van der Waals surface area contributed by atoms with Crippen molar-refractivity contribution in [2.24, 2.45) is 0 Å². The quantitative estimate of drug-likeness (QED) is 0.644. The van der Waals surface area contributed by atoms with Crippen LogP contribution in [0.25, 0.3) is 0 Å². The molecule has 6 heteroatoms. The number of carbonyl (C=O) groups excluding carboxylic acids is 2. The maximum Gasteiger partial charge on any atom is 0.248 e. The number of nitrogens with zero attached hydrogens (tertiary/aromatic N) is 1. The third-order valence-electron chi connectivity index (χ3n) is 4.03. The van der Waals surface area contributed by atoms with Crippen LogP contribution in [0.3, 0.4) is 0 Å². The third-order valence-corrected chi connectivity index (χ3v) is 4.03. The van der Waals surface area contributed by atoms with Crippen molar-refractivity contribution >= 4 is 11.8 Å². The molecule has 122 valence electrons. The van der Waals surface area contributed by atoms with Gasteiger partial charge in [-0.2, -0.15) is 0 Å². The largest absolute Gasteiger partial charge is 0.385 e. The van der Waals surface area contributed by atoms with Gasteiger partial charge in [0, 0.05) is 39.8 Å². The predicted octanol–water partition coefficient (Wildman–Crippen LogP) is 0.947. The van der Waals surface area contributed by atoms with Gasteiger partial charge in [0.15, 0.2) is 0 Å². The van der Waals surface area contributed by atoms with Crippen molar-refractivity contribution in [3.63, 3.8) is 0 Å². The molecule has 1 aliphatic rings. The summed E-state index contributed by atoms with van der Waals surface area (Å²) in [6.07, 6.45) is 2.42. The molecule has 2 amide bonds. The molecule has 0 bridgehead atoms. The summed E-state index contributed by atoms with van der Waals surface area (Å²) < 4.78 is 10.5. The maximum absolute atomic E-state index is 12.7. The highest BCUT2D eigenvalue weighted by molar-refractivity contribution is 5.93. The number of amides is 2. The standard InChI is InChI=1S/C15H28N2O4/c1-4-15(5-2)14(19)17(8-7-13(18)16-15)9-12-21-11-6-10-20-3/h4-12H2,1-3H3,(H,16,18). The van der Waals surface area contributed by atoms with Crippen LogP contribution in [0.5, 0.6) is 0 Å². The Kier molecular flexibility index (Phi) is 7.67. The summed E-state index contributed by atoms with van der Waals surface area (Å²) in [5.74, 6) is -0.0330. The van der Waals surface area contributed by atoms with Gasteiger partial charge in [0.25, 0.3) is 0 Å². The fraction of sp³-hybridized carbons (Fsp3) is 0.867. The van der Waals surface area contributed by atoms with Gasteiger partial charge < -0.3 is 19.7 Å². The van der Waals surface area contributed by atoms with Crippen LogP contribution in [0.4, 0.5) is 0 Å². The lowest BCUT2D eigenvalue weighted by molar-refractivity contribution is -0.139. The van der Waals surface area contributed by atoms with E-state index in [0.29, 0.717) is 52.2 Å². The van der Waals surface area contributed by atoms with Crippen molar-refractivity contribution in [1.29, 1.82) is 0 Å². The molecule has 0 saturated carbocycles. The topological polar surface area (TPSA) is 67.9 Å². The van der Waals surface area contributed by atoms with Crippen LogP contribution < -0.4 is 5.32 Å². The van der Waals surface area contributed by atoms with E-state index in [1.807, 2.05) is 13.8 Å². The van der Waals surface area contributed by atoms with Crippen LogP contribution in [-0.2, 0) is 19.1 Å². The summed E-state index contributed by atoms with van der Waals surface area (Å²) in [5, 5.41) is 2.90. The molecule has 0 aromatic rings. The Bertz CT molecular complexity index is 343. The number of ether oxygens (including phenoxy) is 2. The zero-order chi connectivity index (χ0) is 15.7. The van der Waals surface area contributed by atoms with Gasteiger partial charge in [0.2, 0.25) is 11.8 Å². The van der Waals surface area contributed by atoms with Crippen molar-refractivity contribution in [3.8, 4) is 0 Å². The summed E-state index contributed by atoms with van der Waals surface area (Å²) in [5.41, 5.74) is -0.746. The monoisotopic (exact) mass is 300 g/mol. The Hall–Kier alpha value is -1.14. The zero-order valence-corrected chi connectivity index (χ0v) is 13.4. The molecule has 1 rings (SSSR count). The first kappa shape index (κ1) is 17.9. The second-order valence-corrected chi connectivity index (χ2v) is 5.34. The third kappa shape index (κ3) is 4.97. The van der Waals surface area contributed by atoms with Crippen molar-refractivity contribution in [1.82, 2.24) is 10.2 Å². The van der Waals surface area contributed by atoms with E-state index in [2.05, 4.69) is 5.32 Å². The van der Waals surface area contributed by atoms with Crippen LogP contribution in [0.15, 0.2) is 0 Å². The van der Waals surface area contributed by atoms with Gasteiger partial charge in [-0.05, 0) is 19.3 Å². The number of nitrogens with one attached hydrogen (secondary N) is 1. The summed E-state index contributed by atoms with van der Waals surface area (Å²) in [7, 11) is 1.66. The minimum absolute atomic E-state index is 0.0128. The molecule has 21 heavy (non-hydrogen) atoms. The molecule has 6 nitrogen and oxygen atoms in total. The van der Waals surface area contributed by atoms with E-state index in [-0.39, 0.29) is 11.8 Å². The molecule has 0 aromatic heterocycles. The SMILES string of the molecule is CCC1(CC)NC(=O)CCN(CCOCCCOC)C1=O. The number of methoxy groups -OCH3 is 1. The average molecular weight is 300 g/mol. The van der Waals surface area contributed by atoms with E-state index in [4.69, 9.17) is 9.47 Å². The molecular weight excluding hydrogens is 272 g/mol. The number of hydrogen-bond donors (Lipinski definition) is 1. The van der Waals surface area contributed by atoms with Gasteiger partial charge in [-0.1, -0.05) is 13.8 Å². The van der Waals surface area contributed by atoms with Crippen LogP contribution in [0.2, 0.25) is 0 Å². The Labute approximate surface area is 127 Å². The maximum atomic E-state index is 12.7. The second-order valence-electron chi connectivity index (χ2n) is 5.34. The van der Waals surface area contributed by atoms with Crippen LogP contribution in [-0.4, -0.2) is 62.3 Å². The zero-order valence-electron chi connectivity index (χ0n) is 13.4. The predicted molar refractivity (Wildman–Crippen MR) is 80.0 cm³/mol. The van der Waals surface area contributed by atoms with E-state index in [0.717, 1.165) is 6.42 Å². The first-order valence-electron chi connectivity index (χ1n) is 7.76. The van der Waals surface area contributed by atoms with Gasteiger partial charge >= 0.3 is 0 Å². The molecule has 1 heterocycles. The van der Waals surface area contributed by atoms with Crippen LogP contribution in [0, 0.1) is 0 Å².